The van der Waals surface area contributed by atoms with Gasteiger partial charge >= 0.3 is 6.09 Å². The number of hydrogen-bond acceptors (Lipinski definition) is 5. The van der Waals surface area contributed by atoms with Gasteiger partial charge in [-0.25, -0.2) is 14.5 Å². The van der Waals surface area contributed by atoms with E-state index in [1.165, 1.54) is 0 Å². The van der Waals surface area contributed by atoms with Crippen LogP contribution in [0, 0.1) is 0 Å². The predicted molar refractivity (Wildman–Crippen MR) is 124 cm³/mol. The van der Waals surface area contributed by atoms with Crippen molar-refractivity contribution >= 4 is 26.3 Å². The van der Waals surface area contributed by atoms with E-state index in [1.54, 1.807) is 11.2 Å². The van der Waals surface area contributed by atoms with Crippen LogP contribution >= 0.6 is 0 Å². The minimum atomic E-state index is -1.15. The van der Waals surface area contributed by atoms with Crippen LogP contribution in [-0.4, -0.2) is 60.8 Å². The first-order chi connectivity index (χ1) is 14.7. The Balaban J connectivity index is 1.66. The molecule has 1 aromatic carbocycles. The molecule has 0 saturated heterocycles. The van der Waals surface area contributed by atoms with Gasteiger partial charge in [0, 0.05) is 34.3 Å². The molecule has 1 amide bonds. The van der Waals surface area contributed by atoms with E-state index in [1.807, 2.05) is 54.0 Å². The molecule has 1 aliphatic rings. The van der Waals surface area contributed by atoms with Gasteiger partial charge in [-0.2, -0.15) is 5.10 Å². The number of ether oxygens (including phenoxy) is 2. The average molecular weight is 444 g/mol. The third-order valence-corrected chi connectivity index (χ3v) is 6.62. The molecule has 31 heavy (non-hydrogen) atoms. The van der Waals surface area contributed by atoms with Gasteiger partial charge < -0.3 is 14.4 Å². The summed E-state index contributed by atoms with van der Waals surface area (Å²) in [5, 5.41) is 4.62. The Kier molecular flexibility index (Phi) is 7.50. The van der Waals surface area contributed by atoms with Crippen LogP contribution in [0.1, 0.15) is 16.8 Å². The summed E-state index contributed by atoms with van der Waals surface area (Å²) in [6.07, 6.45) is 1.38. The molecule has 0 spiro atoms. The maximum Gasteiger partial charge on any atom is 0.410 e. The maximum absolute atomic E-state index is 12.6. The van der Waals surface area contributed by atoms with Gasteiger partial charge in [-0.1, -0.05) is 50.0 Å². The molecule has 1 aliphatic heterocycles. The van der Waals surface area contributed by atoms with Gasteiger partial charge in [-0.15, -0.1) is 0 Å². The molecule has 0 radical (unpaired) electrons. The molecule has 0 aliphatic carbocycles. The lowest BCUT2D eigenvalue weighted by atomic mass is 10.2. The van der Waals surface area contributed by atoms with E-state index in [0.717, 1.165) is 22.9 Å². The molecule has 168 valence electrons. The van der Waals surface area contributed by atoms with Gasteiger partial charge in [0.25, 0.3) is 0 Å². The van der Waals surface area contributed by atoms with Crippen molar-refractivity contribution in [2.24, 2.45) is 4.99 Å². The Morgan fingerprint density at radius 1 is 1.23 bits per heavy atom. The average Bonchev–Trinajstić information content (AvgIpc) is 3.28. The van der Waals surface area contributed by atoms with Crippen molar-refractivity contribution in [2.75, 3.05) is 20.7 Å². The number of aliphatic imine (C=N–C) groups is 1. The second-order valence-corrected chi connectivity index (χ2v) is 14.8. The number of benzene rings is 1. The highest BCUT2D eigenvalue weighted by Crippen LogP contribution is 2.31. The first kappa shape index (κ1) is 23.0. The lowest BCUT2D eigenvalue weighted by Gasteiger charge is -2.17. The van der Waals surface area contributed by atoms with Gasteiger partial charge in [0.05, 0.1) is 25.1 Å². The molecule has 0 unspecified atom stereocenters. The van der Waals surface area contributed by atoms with Crippen LogP contribution in [0.4, 0.5) is 10.6 Å². The number of carbonyl (C=O) groups is 1. The predicted octanol–water partition coefficient (Wildman–Crippen LogP) is 4.07. The molecule has 0 N–H and O–H groups in total. The highest BCUT2D eigenvalue weighted by molar-refractivity contribution is 6.76. The van der Waals surface area contributed by atoms with Crippen molar-refractivity contribution in [1.82, 2.24) is 19.6 Å². The Hall–Kier alpha value is -2.65. The summed E-state index contributed by atoms with van der Waals surface area (Å²) in [6, 6.07) is 10.8. The number of amides is 1. The van der Waals surface area contributed by atoms with E-state index in [-0.39, 0.29) is 12.7 Å². The van der Waals surface area contributed by atoms with Gasteiger partial charge in [0.1, 0.15) is 13.3 Å². The zero-order valence-electron chi connectivity index (χ0n) is 19.2. The summed E-state index contributed by atoms with van der Waals surface area (Å²) in [5.41, 5.74) is 2.87. The summed E-state index contributed by atoms with van der Waals surface area (Å²) < 4.78 is 13.2. The minimum absolute atomic E-state index is 0.254. The third kappa shape index (κ3) is 6.66. The largest absolute Gasteiger partial charge is 0.445 e. The molecule has 9 heteroatoms. The number of nitrogens with zero attached hydrogens (tertiary/aromatic N) is 5. The summed E-state index contributed by atoms with van der Waals surface area (Å²) in [6.45, 7) is 9.17. The molecule has 0 fully saturated rings. The van der Waals surface area contributed by atoms with Crippen LogP contribution in [-0.2, 0) is 35.9 Å². The van der Waals surface area contributed by atoms with Gasteiger partial charge in [-0.05, 0) is 11.6 Å². The Bertz CT molecular complexity index is 906. The van der Waals surface area contributed by atoms with E-state index >= 15 is 0 Å². The van der Waals surface area contributed by atoms with E-state index in [9.17, 15) is 4.79 Å². The topological polar surface area (TPSA) is 72.2 Å². The third-order valence-electron chi connectivity index (χ3n) is 4.92. The molecule has 0 saturated carbocycles. The second kappa shape index (κ2) is 10.1. The lowest BCUT2D eigenvalue weighted by molar-refractivity contribution is 0.0729. The lowest BCUT2D eigenvalue weighted by Crippen LogP contribution is -2.27. The fraction of sp³-hybridized carbons (Fsp3) is 0.500. The van der Waals surface area contributed by atoms with E-state index in [0.29, 0.717) is 32.2 Å². The summed E-state index contributed by atoms with van der Waals surface area (Å²) >= 11 is 0. The van der Waals surface area contributed by atoms with Crippen LogP contribution in [0.2, 0.25) is 25.7 Å². The zero-order valence-corrected chi connectivity index (χ0v) is 20.2. The van der Waals surface area contributed by atoms with E-state index in [4.69, 9.17) is 9.47 Å². The monoisotopic (exact) mass is 443 g/mol. The summed E-state index contributed by atoms with van der Waals surface area (Å²) in [4.78, 5) is 20.7. The van der Waals surface area contributed by atoms with E-state index in [2.05, 4.69) is 29.7 Å². The van der Waals surface area contributed by atoms with Crippen molar-refractivity contribution in [2.45, 2.75) is 52.1 Å². The molecular weight excluding hydrogens is 410 g/mol. The zero-order chi connectivity index (χ0) is 22.4. The minimum Gasteiger partial charge on any atom is -0.445 e. The van der Waals surface area contributed by atoms with E-state index < -0.39 is 8.07 Å². The Morgan fingerprint density at radius 2 is 1.97 bits per heavy atom. The standard InChI is InChI=1S/C22H33N5O3Si/c1-25(2)16-23-21-19-13-26(22(28)30-15-18-9-7-6-8-10-18)14-20(19)27(24-21)17-29-11-12-31(3,4)5/h6-10,16H,11-15,17H2,1-5H3. The van der Waals surface area contributed by atoms with Crippen molar-refractivity contribution in [1.29, 1.82) is 0 Å². The number of carbonyl (C=O) groups excluding carboxylic acids is 1. The van der Waals surface area contributed by atoms with Crippen molar-refractivity contribution in [3.63, 3.8) is 0 Å². The highest BCUT2D eigenvalue weighted by Gasteiger charge is 2.31. The summed E-state index contributed by atoms with van der Waals surface area (Å²) in [7, 11) is 2.67. The quantitative estimate of drug-likeness (QED) is 0.253. The maximum atomic E-state index is 12.6. The molecule has 8 nitrogen and oxygen atoms in total. The van der Waals surface area contributed by atoms with Crippen LogP contribution in [0.25, 0.3) is 0 Å². The molecule has 2 aromatic rings. The molecule has 3 rings (SSSR count). The van der Waals surface area contributed by atoms with Gasteiger partial charge in [-0.3, -0.25) is 4.90 Å². The van der Waals surface area contributed by atoms with Crippen LogP contribution in [0.15, 0.2) is 35.3 Å². The van der Waals surface area contributed by atoms with Crippen molar-refractivity contribution < 1.29 is 14.3 Å². The number of fused-ring (bicyclic) bond motifs is 1. The number of aromatic nitrogens is 2. The molecule has 2 heterocycles. The number of hydrogen-bond donors (Lipinski definition) is 0. The van der Waals surface area contributed by atoms with Gasteiger partial charge in [0.2, 0.25) is 0 Å². The van der Waals surface area contributed by atoms with Crippen LogP contribution in [0.3, 0.4) is 0 Å². The van der Waals surface area contributed by atoms with Crippen molar-refractivity contribution in [3.05, 3.63) is 47.2 Å². The Labute approximate surface area is 185 Å². The fourth-order valence-electron chi connectivity index (χ4n) is 3.14. The second-order valence-electron chi connectivity index (χ2n) is 9.20. The molecule has 0 atom stereocenters. The normalized spacial score (nSPS) is 13.6. The highest BCUT2D eigenvalue weighted by atomic mass is 28.3. The fourth-order valence-corrected chi connectivity index (χ4v) is 3.89. The molecule has 0 bridgehead atoms. The number of rotatable bonds is 9. The SMILES string of the molecule is CN(C)C=Nc1nn(COCC[Si](C)(C)C)c2c1CN(C(=O)OCc1ccccc1)C2. The van der Waals surface area contributed by atoms with Crippen LogP contribution in [0.5, 0.6) is 0 Å². The summed E-state index contributed by atoms with van der Waals surface area (Å²) in [5.74, 6) is 0.621. The molecule has 1 aromatic heterocycles. The van der Waals surface area contributed by atoms with Crippen LogP contribution < -0.4 is 0 Å². The van der Waals surface area contributed by atoms with Gasteiger partial charge in [0.15, 0.2) is 5.82 Å². The first-order valence-corrected chi connectivity index (χ1v) is 14.3. The molecular formula is C22H33N5O3Si. The smallest absolute Gasteiger partial charge is 0.410 e. The van der Waals surface area contributed by atoms with Crippen molar-refractivity contribution in [3.8, 4) is 0 Å². The first-order valence-electron chi connectivity index (χ1n) is 10.6. The Morgan fingerprint density at radius 3 is 2.65 bits per heavy atom.